The number of benzene rings is 2. The van der Waals surface area contributed by atoms with E-state index in [0.29, 0.717) is 25.1 Å². The van der Waals surface area contributed by atoms with Gasteiger partial charge in [-0.2, -0.15) is 4.31 Å². The van der Waals surface area contributed by atoms with E-state index in [9.17, 15) is 13.2 Å². The highest BCUT2D eigenvalue weighted by Gasteiger charge is 2.35. The van der Waals surface area contributed by atoms with Crippen LogP contribution in [0.5, 0.6) is 5.75 Å². The monoisotopic (exact) mass is 444 g/mol. The zero-order chi connectivity index (χ0) is 22.6. The number of hydrogen-bond donors (Lipinski definition) is 1. The molecule has 2 aromatic rings. The number of nitrogens with zero attached hydrogens (tertiary/aromatic N) is 1. The third kappa shape index (κ3) is 5.10. The predicted molar refractivity (Wildman–Crippen MR) is 123 cm³/mol. The topological polar surface area (TPSA) is 75.7 Å². The van der Waals surface area contributed by atoms with Gasteiger partial charge in [0.1, 0.15) is 10.6 Å². The molecule has 0 unspecified atom stereocenters. The zero-order valence-electron chi connectivity index (χ0n) is 18.7. The summed E-state index contributed by atoms with van der Waals surface area (Å²) in [5.74, 6) is -0.0115. The molecular weight excluding hydrogens is 412 g/mol. The molecule has 1 saturated heterocycles. The van der Waals surface area contributed by atoms with Gasteiger partial charge >= 0.3 is 0 Å². The predicted octanol–water partition coefficient (Wildman–Crippen LogP) is 4.42. The normalized spacial score (nSPS) is 17.5. The third-order valence-electron chi connectivity index (χ3n) is 5.88. The lowest BCUT2D eigenvalue weighted by atomic mass is 9.98. The largest absolute Gasteiger partial charge is 0.495 e. The summed E-state index contributed by atoms with van der Waals surface area (Å²) >= 11 is 0. The van der Waals surface area contributed by atoms with Gasteiger partial charge in [0, 0.05) is 18.8 Å². The van der Waals surface area contributed by atoms with Crippen LogP contribution in [-0.4, -0.2) is 38.8 Å². The van der Waals surface area contributed by atoms with E-state index in [4.69, 9.17) is 4.74 Å². The minimum absolute atomic E-state index is 0.135. The fourth-order valence-electron chi connectivity index (χ4n) is 3.95. The van der Waals surface area contributed by atoms with Crippen molar-refractivity contribution in [2.75, 3.05) is 25.5 Å². The summed E-state index contributed by atoms with van der Waals surface area (Å²) in [6.07, 6.45) is 2.11. The minimum atomic E-state index is -3.78. The molecule has 6 nitrogen and oxygen atoms in total. The average molecular weight is 445 g/mol. The quantitative estimate of drug-likeness (QED) is 0.686. The number of nitrogens with one attached hydrogen (secondary N) is 1. The molecule has 31 heavy (non-hydrogen) atoms. The van der Waals surface area contributed by atoms with Crippen LogP contribution in [0.25, 0.3) is 0 Å². The Morgan fingerprint density at radius 2 is 1.97 bits per heavy atom. The van der Waals surface area contributed by atoms with Gasteiger partial charge in [-0.25, -0.2) is 8.42 Å². The number of hydrogen-bond acceptors (Lipinski definition) is 4. The Kier molecular flexibility index (Phi) is 7.38. The van der Waals surface area contributed by atoms with E-state index in [2.05, 4.69) is 5.32 Å². The van der Waals surface area contributed by atoms with Crippen molar-refractivity contribution in [2.24, 2.45) is 5.92 Å². The lowest BCUT2D eigenvalue weighted by Gasteiger charge is -2.32. The molecule has 0 spiro atoms. The first-order valence-corrected chi connectivity index (χ1v) is 12.3. The highest BCUT2D eigenvalue weighted by Crippen LogP contribution is 2.32. The number of sulfonamides is 1. The second-order valence-corrected chi connectivity index (χ2v) is 10.2. The van der Waals surface area contributed by atoms with Crippen molar-refractivity contribution in [3.63, 3.8) is 0 Å². The zero-order valence-corrected chi connectivity index (χ0v) is 19.5. The Morgan fingerprint density at radius 1 is 1.23 bits per heavy atom. The van der Waals surface area contributed by atoms with Gasteiger partial charge in [-0.05, 0) is 54.5 Å². The van der Waals surface area contributed by atoms with E-state index < -0.39 is 15.9 Å². The Balaban J connectivity index is 1.82. The van der Waals surface area contributed by atoms with Crippen LogP contribution >= 0.6 is 0 Å². The SMILES string of the molecule is CCc1ccccc1NC(=O)[C@H]1CCCN(S(=O)(=O)c2cc(C(C)C)ccc2OC)C1. The second kappa shape index (κ2) is 9.83. The molecule has 1 aliphatic rings. The van der Waals surface area contributed by atoms with Crippen LogP contribution in [0, 0.1) is 5.92 Å². The number of anilines is 1. The van der Waals surface area contributed by atoms with Crippen LogP contribution in [0.1, 0.15) is 50.7 Å². The summed E-state index contributed by atoms with van der Waals surface area (Å²) in [4.78, 5) is 13.1. The first-order valence-electron chi connectivity index (χ1n) is 10.8. The summed E-state index contributed by atoms with van der Waals surface area (Å²) in [5, 5.41) is 3.00. The Morgan fingerprint density at radius 3 is 2.65 bits per heavy atom. The van der Waals surface area contributed by atoms with Gasteiger partial charge in [-0.1, -0.05) is 45.0 Å². The van der Waals surface area contributed by atoms with Crippen LogP contribution in [0.4, 0.5) is 5.69 Å². The van der Waals surface area contributed by atoms with Crippen molar-refractivity contribution in [3.8, 4) is 5.75 Å². The van der Waals surface area contributed by atoms with E-state index in [1.54, 1.807) is 12.1 Å². The Hall–Kier alpha value is -2.38. The molecule has 0 bridgehead atoms. The smallest absolute Gasteiger partial charge is 0.246 e. The van der Waals surface area contributed by atoms with Gasteiger partial charge in [0.2, 0.25) is 15.9 Å². The number of carbonyl (C=O) groups excluding carboxylic acids is 1. The number of rotatable bonds is 7. The lowest BCUT2D eigenvalue weighted by Crippen LogP contribution is -2.43. The van der Waals surface area contributed by atoms with E-state index in [0.717, 1.165) is 23.2 Å². The number of amides is 1. The minimum Gasteiger partial charge on any atom is -0.495 e. The molecule has 1 aliphatic heterocycles. The van der Waals surface area contributed by atoms with Gasteiger partial charge in [-0.3, -0.25) is 4.79 Å². The van der Waals surface area contributed by atoms with Gasteiger partial charge in [-0.15, -0.1) is 0 Å². The molecule has 168 valence electrons. The maximum atomic E-state index is 13.5. The maximum absolute atomic E-state index is 13.5. The van der Waals surface area contributed by atoms with Crippen LogP contribution < -0.4 is 10.1 Å². The molecule has 0 radical (unpaired) electrons. The standard InChI is InChI=1S/C24H32N2O4S/c1-5-18-9-6-7-11-21(18)25-24(27)20-10-8-14-26(16-20)31(28,29)23-15-19(17(2)3)12-13-22(23)30-4/h6-7,9,11-13,15,17,20H,5,8,10,14,16H2,1-4H3,(H,25,27)/t20-/m0/s1. The van der Waals surface area contributed by atoms with Crippen LogP contribution in [0.15, 0.2) is 47.4 Å². The van der Waals surface area contributed by atoms with Gasteiger partial charge < -0.3 is 10.1 Å². The number of carbonyl (C=O) groups is 1. The van der Waals surface area contributed by atoms with Crippen molar-refractivity contribution in [1.29, 1.82) is 0 Å². The highest BCUT2D eigenvalue weighted by molar-refractivity contribution is 7.89. The average Bonchev–Trinajstić information content (AvgIpc) is 2.78. The Labute approximate surface area is 185 Å². The van der Waals surface area contributed by atoms with Gasteiger partial charge in [0.25, 0.3) is 0 Å². The summed E-state index contributed by atoms with van der Waals surface area (Å²) < 4.78 is 33.7. The molecule has 0 saturated carbocycles. The second-order valence-electron chi connectivity index (χ2n) is 8.27. The number of piperidine rings is 1. The third-order valence-corrected chi connectivity index (χ3v) is 7.77. The molecule has 1 amide bonds. The summed E-state index contributed by atoms with van der Waals surface area (Å²) in [6.45, 7) is 6.64. The summed E-state index contributed by atoms with van der Waals surface area (Å²) in [5.41, 5.74) is 2.79. The number of ether oxygens (including phenoxy) is 1. The van der Waals surface area contributed by atoms with E-state index >= 15 is 0 Å². The van der Waals surface area contributed by atoms with E-state index in [1.807, 2.05) is 51.1 Å². The Bertz CT molecular complexity index is 1030. The van der Waals surface area contributed by atoms with Crippen molar-refractivity contribution >= 4 is 21.6 Å². The molecular formula is C24H32N2O4S. The fraction of sp³-hybridized carbons (Fsp3) is 0.458. The molecule has 0 aliphatic carbocycles. The van der Waals surface area contributed by atoms with Crippen molar-refractivity contribution in [3.05, 3.63) is 53.6 Å². The van der Waals surface area contributed by atoms with Crippen molar-refractivity contribution < 1.29 is 17.9 Å². The first kappa shape index (κ1) is 23.3. The first-order chi connectivity index (χ1) is 14.8. The van der Waals surface area contributed by atoms with Crippen molar-refractivity contribution in [1.82, 2.24) is 4.31 Å². The van der Waals surface area contributed by atoms with Crippen LogP contribution in [0.2, 0.25) is 0 Å². The highest BCUT2D eigenvalue weighted by atomic mass is 32.2. The number of para-hydroxylation sites is 1. The van der Waals surface area contributed by atoms with E-state index in [1.165, 1.54) is 11.4 Å². The van der Waals surface area contributed by atoms with Crippen LogP contribution in [0.3, 0.4) is 0 Å². The van der Waals surface area contributed by atoms with Crippen molar-refractivity contribution in [2.45, 2.75) is 50.8 Å². The molecule has 1 N–H and O–H groups in total. The summed E-state index contributed by atoms with van der Waals surface area (Å²) in [7, 11) is -2.31. The lowest BCUT2D eigenvalue weighted by molar-refractivity contribution is -0.120. The molecule has 3 rings (SSSR count). The van der Waals surface area contributed by atoms with E-state index in [-0.39, 0.29) is 23.3 Å². The molecule has 1 heterocycles. The fourth-order valence-corrected chi connectivity index (χ4v) is 5.67. The molecule has 2 aromatic carbocycles. The molecule has 7 heteroatoms. The van der Waals surface area contributed by atoms with Gasteiger partial charge in [0.05, 0.1) is 13.0 Å². The number of methoxy groups -OCH3 is 1. The van der Waals surface area contributed by atoms with Crippen LogP contribution in [-0.2, 0) is 21.2 Å². The summed E-state index contributed by atoms with van der Waals surface area (Å²) in [6, 6.07) is 13.0. The van der Waals surface area contributed by atoms with Gasteiger partial charge in [0.15, 0.2) is 0 Å². The molecule has 1 fully saturated rings. The molecule has 0 aromatic heterocycles. The number of aryl methyl sites for hydroxylation is 1. The molecule has 1 atom stereocenters. The maximum Gasteiger partial charge on any atom is 0.246 e.